The highest BCUT2D eigenvalue weighted by molar-refractivity contribution is 5.79. The minimum Gasteiger partial charge on any atom is -0.457 e. The van der Waals surface area contributed by atoms with Gasteiger partial charge in [-0.3, -0.25) is 0 Å². The average Bonchev–Trinajstić information content (AvgIpc) is 3.00. The van der Waals surface area contributed by atoms with E-state index in [2.05, 4.69) is 0 Å². The van der Waals surface area contributed by atoms with Crippen LogP contribution in [0.3, 0.4) is 0 Å². The van der Waals surface area contributed by atoms with E-state index in [0.29, 0.717) is 25.7 Å². The first-order valence-electron chi connectivity index (χ1n) is 17.3. The standard InChI is InChI=1S/C34H58O15/c1-21(44-31(39)42-19-23(3)48-33(5,6)29(37)46-27-15-11-9-13-25(27)35)17-41-18-22(2)45-32(40)43-20-24(4)49-34(7,8)30(38)47-28-16-12-10-14-26(28)36/h21-28,35-36H,9-20H2,1-8H3. The third kappa shape index (κ3) is 15.8. The number of aliphatic hydroxyl groups is 2. The zero-order valence-corrected chi connectivity index (χ0v) is 30.3. The van der Waals surface area contributed by atoms with Crippen LogP contribution in [0.1, 0.15) is 107 Å². The molecular weight excluding hydrogens is 648 g/mol. The highest BCUT2D eigenvalue weighted by Gasteiger charge is 2.38. The molecule has 2 saturated carbocycles. The molecule has 8 unspecified atom stereocenters. The molecule has 0 aromatic carbocycles. The number of hydrogen-bond donors (Lipinski definition) is 2. The minimum atomic E-state index is -1.32. The third-order valence-corrected chi connectivity index (χ3v) is 8.00. The van der Waals surface area contributed by atoms with Gasteiger partial charge < -0.3 is 52.8 Å². The van der Waals surface area contributed by atoms with E-state index in [0.717, 1.165) is 25.7 Å². The van der Waals surface area contributed by atoms with Crippen LogP contribution in [0, 0.1) is 0 Å². The van der Waals surface area contributed by atoms with Crippen molar-refractivity contribution in [2.45, 2.75) is 167 Å². The summed E-state index contributed by atoms with van der Waals surface area (Å²) in [5.41, 5.74) is -2.65. The summed E-state index contributed by atoms with van der Waals surface area (Å²) < 4.78 is 48.5. The van der Waals surface area contributed by atoms with E-state index in [1.165, 1.54) is 0 Å². The van der Waals surface area contributed by atoms with Crippen molar-refractivity contribution in [3.05, 3.63) is 0 Å². The molecule has 0 amide bonds. The number of aliphatic hydroxyl groups excluding tert-OH is 2. The Hall–Kier alpha value is -2.72. The van der Waals surface area contributed by atoms with Crippen LogP contribution in [0.15, 0.2) is 0 Å². The minimum absolute atomic E-state index is 0.0102. The second-order valence-electron chi connectivity index (χ2n) is 14.0. The molecule has 2 aliphatic carbocycles. The Morgan fingerprint density at radius 2 is 0.918 bits per heavy atom. The van der Waals surface area contributed by atoms with Crippen molar-refractivity contribution in [3.8, 4) is 0 Å². The van der Waals surface area contributed by atoms with Gasteiger partial charge >= 0.3 is 24.2 Å². The maximum absolute atomic E-state index is 12.6. The van der Waals surface area contributed by atoms with Gasteiger partial charge in [0.25, 0.3) is 0 Å². The largest absolute Gasteiger partial charge is 0.508 e. The fourth-order valence-electron chi connectivity index (χ4n) is 5.39. The van der Waals surface area contributed by atoms with Gasteiger partial charge in [0.15, 0.2) is 11.2 Å². The SMILES string of the molecule is CC(COCC(C)OC(=O)OCC(C)OC(C)(C)C(=O)OC1CCCCC1O)OC(=O)OCC(C)OC(C)(C)C(=O)OC1CCCCC1O. The molecule has 284 valence electrons. The zero-order valence-electron chi connectivity index (χ0n) is 30.3. The quantitative estimate of drug-likeness (QED) is 0.152. The number of ether oxygens (including phenoxy) is 9. The molecule has 0 radical (unpaired) electrons. The number of carbonyl (C=O) groups excluding carboxylic acids is 4. The summed E-state index contributed by atoms with van der Waals surface area (Å²) in [6.45, 7) is 12.3. The van der Waals surface area contributed by atoms with E-state index >= 15 is 0 Å². The van der Waals surface area contributed by atoms with Gasteiger partial charge in [-0.1, -0.05) is 12.8 Å². The predicted molar refractivity (Wildman–Crippen MR) is 173 cm³/mol. The Balaban J connectivity index is 1.59. The van der Waals surface area contributed by atoms with Crippen LogP contribution in [-0.4, -0.2) is 121 Å². The monoisotopic (exact) mass is 706 g/mol. The topological polar surface area (TPSA) is 192 Å². The van der Waals surface area contributed by atoms with Gasteiger partial charge in [0.2, 0.25) is 0 Å². The molecule has 2 aliphatic rings. The normalized spacial score (nSPS) is 24.0. The summed E-state index contributed by atoms with van der Waals surface area (Å²) in [6, 6.07) is 0. The van der Waals surface area contributed by atoms with Gasteiger partial charge in [-0.15, -0.1) is 0 Å². The van der Waals surface area contributed by atoms with Gasteiger partial charge in [0.05, 0.1) is 37.6 Å². The molecule has 15 heteroatoms. The summed E-state index contributed by atoms with van der Waals surface area (Å²) >= 11 is 0. The molecule has 8 atom stereocenters. The van der Waals surface area contributed by atoms with E-state index in [-0.39, 0.29) is 26.4 Å². The van der Waals surface area contributed by atoms with Gasteiger partial charge in [-0.05, 0) is 93.9 Å². The van der Waals surface area contributed by atoms with Crippen molar-refractivity contribution in [2.75, 3.05) is 26.4 Å². The Morgan fingerprint density at radius 1 is 0.571 bits per heavy atom. The fraction of sp³-hybridized carbons (Fsp3) is 0.882. The number of esters is 2. The Labute approximate surface area is 289 Å². The molecule has 0 spiro atoms. The van der Waals surface area contributed by atoms with Crippen molar-refractivity contribution in [2.24, 2.45) is 0 Å². The Bertz CT molecular complexity index is 967. The lowest BCUT2D eigenvalue weighted by Gasteiger charge is -2.32. The number of hydrogen-bond acceptors (Lipinski definition) is 15. The molecule has 0 aromatic heterocycles. The van der Waals surface area contributed by atoms with Crippen LogP contribution in [0.5, 0.6) is 0 Å². The zero-order chi connectivity index (χ0) is 36.8. The first-order chi connectivity index (χ1) is 22.9. The molecule has 0 heterocycles. The lowest BCUT2D eigenvalue weighted by Crippen LogP contribution is -2.45. The van der Waals surface area contributed by atoms with Crippen LogP contribution < -0.4 is 0 Å². The molecule has 0 bridgehead atoms. The summed E-state index contributed by atoms with van der Waals surface area (Å²) in [5, 5.41) is 20.1. The van der Waals surface area contributed by atoms with Crippen molar-refractivity contribution in [1.82, 2.24) is 0 Å². The lowest BCUT2D eigenvalue weighted by atomic mass is 9.94. The van der Waals surface area contributed by atoms with E-state index in [1.54, 1.807) is 55.4 Å². The van der Waals surface area contributed by atoms with Crippen LogP contribution >= 0.6 is 0 Å². The van der Waals surface area contributed by atoms with E-state index in [1.807, 2.05) is 0 Å². The average molecular weight is 707 g/mol. The summed E-state index contributed by atoms with van der Waals surface area (Å²) in [7, 11) is 0. The summed E-state index contributed by atoms with van der Waals surface area (Å²) in [6.07, 6.45) is -1.21. The van der Waals surface area contributed by atoms with E-state index < -0.39 is 84.3 Å². The van der Waals surface area contributed by atoms with Gasteiger partial charge in [0.1, 0.15) is 37.6 Å². The predicted octanol–water partition coefficient (Wildman–Crippen LogP) is 4.15. The maximum atomic E-state index is 12.6. The second-order valence-corrected chi connectivity index (χ2v) is 14.0. The lowest BCUT2D eigenvalue weighted by molar-refractivity contribution is -0.188. The van der Waals surface area contributed by atoms with E-state index in [4.69, 9.17) is 42.6 Å². The van der Waals surface area contributed by atoms with Crippen LogP contribution in [0.25, 0.3) is 0 Å². The molecule has 2 N–H and O–H groups in total. The second kappa shape index (κ2) is 20.2. The molecule has 2 rings (SSSR count). The molecule has 0 aliphatic heterocycles. The fourth-order valence-corrected chi connectivity index (χ4v) is 5.39. The Morgan fingerprint density at radius 3 is 1.27 bits per heavy atom. The maximum Gasteiger partial charge on any atom is 0.508 e. The summed E-state index contributed by atoms with van der Waals surface area (Å²) in [4.78, 5) is 49.5. The van der Waals surface area contributed by atoms with Crippen LogP contribution in [0.2, 0.25) is 0 Å². The van der Waals surface area contributed by atoms with Crippen molar-refractivity contribution in [1.29, 1.82) is 0 Å². The third-order valence-electron chi connectivity index (χ3n) is 8.00. The van der Waals surface area contributed by atoms with Crippen molar-refractivity contribution in [3.63, 3.8) is 0 Å². The highest BCUT2D eigenvalue weighted by atomic mass is 16.7. The smallest absolute Gasteiger partial charge is 0.457 e. The molecule has 0 aromatic rings. The molecule has 2 fully saturated rings. The van der Waals surface area contributed by atoms with Gasteiger partial charge in [-0.25, -0.2) is 19.2 Å². The number of rotatable bonds is 18. The van der Waals surface area contributed by atoms with Crippen LogP contribution in [-0.2, 0) is 52.2 Å². The van der Waals surface area contributed by atoms with E-state index in [9.17, 15) is 29.4 Å². The molecular formula is C34H58O15. The van der Waals surface area contributed by atoms with Gasteiger partial charge in [0, 0.05) is 0 Å². The molecule has 15 nitrogen and oxygen atoms in total. The van der Waals surface area contributed by atoms with Gasteiger partial charge in [-0.2, -0.15) is 0 Å². The molecule has 0 saturated heterocycles. The highest BCUT2D eigenvalue weighted by Crippen LogP contribution is 2.26. The Kier molecular flexibility index (Phi) is 17.5. The number of carbonyl (C=O) groups is 4. The first-order valence-corrected chi connectivity index (χ1v) is 17.3. The molecule has 49 heavy (non-hydrogen) atoms. The van der Waals surface area contributed by atoms with Crippen LogP contribution in [0.4, 0.5) is 9.59 Å². The summed E-state index contributed by atoms with van der Waals surface area (Å²) in [5.74, 6) is -1.21. The van der Waals surface area contributed by atoms with Crippen molar-refractivity contribution < 1.29 is 72.0 Å². The first kappa shape index (κ1) is 42.4. The van der Waals surface area contributed by atoms with Crippen molar-refractivity contribution >= 4 is 24.2 Å².